The van der Waals surface area contributed by atoms with E-state index in [0.717, 1.165) is 63.6 Å². The molecular formula is C43H64N2O5. The number of pyridine rings is 1. The minimum absolute atomic E-state index is 0.0322. The summed E-state index contributed by atoms with van der Waals surface area (Å²) in [5.41, 5.74) is 2.96. The number of aliphatic carboxylic acids is 1. The molecule has 0 saturated heterocycles. The molecule has 8 atom stereocenters. The van der Waals surface area contributed by atoms with Crippen molar-refractivity contribution >= 4 is 17.7 Å². The lowest BCUT2D eigenvalue weighted by Crippen LogP contribution is -2.65. The fourth-order valence-corrected chi connectivity index (χ4v) is 12.9. The molecule has 50 heavy (non-hydrogen) atoms. The number of carbonyl (C=O) groups is 3. The van der Waals surface area contributed by atoms with Gasteiger partial charge in [-0.3, -0.25) is 19.4 Å². The summed E-state index contributed by atoms with van der Waals surface area (Å²) >= 11 is 0. The van der Waals surface area contributed by atoms with Gasteiger partial charge in [0, 0.05) is 36.2 Å². The Labute approximate surface area is 301 Å². The number of Topliss-reactive ketones (excluding diaryl/α,β-unsaturated/α-hetero) is 1. The fourth-order valence-electron chi connectivity index (χ4n) is 12.9. The van der Waals surface area contributed by atoms with Crippen LogP contribution in [0.1, 0.15) is 139 Å². The minimum Gasteiger partial charge on any atom is -0.481 e. The Morgan fingerprint density at radius 1 is 0.960 bits per heavy atom. The zero-order chi connectivity index (χ0) is 36.5. The zero-order valence-corrected chi connectivity index (χ0v) is 32.4. The van der Waals surface area contributed by atoms with Gasteiger partial charge in [-0.25, -0.2) is 0 Å². The molecule has 0 spiro atoms. The van der Waals surface area contributed by atoms with Crippen molar-refractivity contribution in [3.8, 4) is 0 Å². The van der Waals surface area contributed by atoms with E-state index in [1.54, 1.807) is 19.4 Å². The van der Waals surface area contributed by atoms with E-state index in [9.17, 15) is 19.5 Å². The summed E-state index contributed by atoms with van der Waals surface area (Å²) in [4.78, 5) is 42.9. The molecule has 0 aromatic carbocycles. The number of ketones is 1. The number of hydrogen-bond donors (Lipinski definition) is 2. The van der Waals surface area contributed by atoms with Crippen molar-refractivity contribution in [3.63, 3.8) is 0 Å². The molecule has 1 aromatic heterocycles. The van der Waals surface area contributed by atoms with E-state index in [2.05, 4.69) is 70.9 Å². The molecule has 7 nitrogen and oxygen atoms in total. The number of nitrogens with one attached hydrogen (secondary N) is 1. The third-order valence-electron chi connectivity index (χ3n) is 15.8. The van der Waals surface area contributed by atoms with E-state index in [0.29, 0.717) is 30.0 Å². The molecule has 0 aliphatic heterocycles. The summed E-state index contributed by atoms with van der Waals surface area (Å²) in [6.45, 7) is 21.8. The molecule has 0 radical (unpaired) electrons. The van der Waals surface area contributed by atoms with Gasteiger partial charge in [0.1, 0.15) is 6.10 Å². The van der Waals surface area contributed by atoms with Crippen molar-refractivity contribution < 1.29 is 24.2 Å². The number of ether oxygens (including phenoxy) is 1. The van der Waals surface area contributed by atoms with Crippen molar-refractivity contribution in [2.45, 2.75) is 146 Å². The Morgan fingerprint density at radius 3 is 2.32 bits per heavy atom. The lowest BCUT2D eigenvalue weighted by Gasteiger charge is -2.72. The summed E-state index contributed by atoms with van der Waals surface area (Å²) in [6, 6.07) is 4.13. The fraction of sp³-hybridized carbons (Fsp3) is 0.767. The monoisotopic (exact) mass is 688 g/mol. The van der Waals surface area contributed by atoms with Gasteiger partial charge in [0.2, 0.25) is 0 Å². The number of hydrogen-bond acceptors (Lipinski definition) is 6. The molecule has 5 aliphatic rings. The molecule has 5 aliphatic carbocycles. The maximum Gasteiger partial charge on any atom is 0.309 e. The van der Waals surface area contributed by atoms with Crippen LogP contribution in [0.4, 0.5) is 0 Å². The van der Waals surface area contributed by atoms with Gasteiger partial charge in [0.25, 0.3) is 0 Å². The maximum absolute atomic E-state index is 14.0. The van der Waals surface area contributed by atoms with Gasteiger partial charge in [-0.15, -0.1) is 0 Å². The van der Waals surface area contributed by atoms with E-state index >= 15 is 0 Å². The highest BCUT2D eigenvalue weighted by molar-refractivity contribution is 6.00. The number of esters is 1. The smallest absolute Gasteiger partial charge is 0.309 e. The molecule has 1 heterocycles. The lowest BCUT2D eigenvalue weighted by atomic mass is 9.33. The van der Waals surface area contributed by atoms with E-state index < -0.39 is 17.4 Å². The Balaban J connectivity index is 1.24. The number of fused-ring (bicyclic) bond motifs is 7. The normalized spacial score (nSPS) is 37.8. The molecule has 1 aromatic rings. The van der Waals surface area contributed by atoms with Crippen LogP contribution in [-0.2, 0) is 25.7 Å². The molecule has 0 bridgehead atoms. The largest absolute Gasteiger partial charge is 0.481 e. The highest BCUT2D eigenvalue weighted by atomic mass is 16.5. The van der Waals surface area contributed by atoms with Crippen LogP contribution in [0.25, 0.3) is 0 Å². The second-order valence-corrected chi connectivity index (χ2v) is 19.5. The van der Waals surface area contributed by atoms with E-state index in [-0.39, 0.29) is 45.5 Å². The topological polar surface area (TPSA) is 106 Å². The second kappa shape index (κ2) is 12.8. The van der Waals surface area contributed by atoms with Gasteiger partial charge in [0.05, 0.1) is 11.8 Å². The summed E-state index contributed by atoms with van der Waals surface area (Å²) in [6.07, 6.45) is 13.7. The molecule has 2 N–H and O–H groups in total. The molecule has 4 saturated carbocycles. The molecule has 7 heteroatoms. The minimum atomic E-state index is -1.14. The van der Waals surface area contributed by atoms with Gasteiger partial charge in [-0.2, -0.15) is 0 Å². The van der Waals surface area contributed by atoms with Crippen molar-refractivity contribution in [3.05, 3.63) is 41.2 Å². The Kier molecular flexibility index (Phi) is 9.56. The summed E-state index contributed by atoms with van der Waals surface area (Å²) in [5.74, 6) is 0.682. The van der Waals surface area contributed by atoms with Gasteiger partial charge < -0.3 is 15.2 Å². The maximum atomic E-state index is 14.0. The SMILES string of the molecule is CC(C)C1=C2[C@H]3CCC4[C@@]5(C)CC[C@H](OC(=O)CC(C)(C)C(=O)O)C(C)(C)C5CC[C@@]4(C)[C@]3(C)CC[C@@]2(CCNCc2ccncc2)CC1=O. The van der Waals surface area contributed by atoms with Crippen LogP contribution >= 0.6 is 0 Å². The average molecular weight is 689 g/mol. The van der Waals surface area contributed by atoms with Crippen LogP contribution in [0, 0.1) is 56.2 Å². The standard InChI is InChI=1S/C43H64N2O5/c1-27(2)35-30(46)24-43(20-23-45-26-28-14-21-44-22-15-28)19-18-41(8)29(36(35)43)10-11-32-40(7)16-13-33(50-34(47)25-38(3,4)37(48)49)39(5,6)31(40)12-17-42(32,41)9/h14-15,21-22,27,29,31-33,45H,10-13,16-20,23-26H2,1-9H3,(H,48,49)/t29-,31?,32?,33+,40+,41-,42-,43-/m1/s1. The predicted octanol–water partition coefficient (Wildman–Crippen LogP) is 8.95. The third kappa shape index (κ3) is 5.80. The zero-order valence-electron chi connectivity index (χ0n) is 32.4. The predicted molar refractivity (Wildman–Crippen MR) is 196 cm³/mol. The van der Waals surface area contributed by atoms with Crippen molar-refractivity contribution in [2.24, 2.45) is 56.2 Å². The van der Waals surface area contributed by atoms with Crippen LogP contribution < -0.4 is 5.32 Å². The quantitative estimate of drug-likeness (QED) is 0.187. The number of nitrogens with zero attached hydrogens (tertiary/aromatic N) is 1. The van der Waals surface area contributed by atoms with Crippen LogP contribution in [-0.4, -0.2) is 40.5 Å². The number of rotatable bonds is 10. The highest BCUT2D eigenvalue weighted by Gasteiger charge is 2.70. The first-order chi connectivity index (χ1) is 23.3. The van der Waals surface area contributed by atoms with E-state index in [4.69, 9.17) is 4.74 Å². The Hall–Kier alpha value is -2.54. The van der Waals surface area contributed by atoms with Crippen LogP contribution in [0.3, 0.4) is 0 Å². The third-order valence-corrected chi connectivity index (χ3v) is 15.8. The summed E-state index contributed by atoms with van der Waals surface area (Å²) in [5, 5.41) is 13.3. The number of carboxylic acid groups (broad SMARTS) is 1. The van der Waals surface area contributed by atoms with E-state index in [1.807, 2.05) is 12.4 Å². The van der Waals surface area contributed by atoms with Gasteiger partial charge in [-0.1, -0.05) is 54.0 Å². The molecule has 0 amide bonds. The van der Waals surface area contributed by atoms with E-state index in [1.165, 1.54) is 18.4 Å². The summed E-state index contributed by atoms with van der Waals surface area (Å²) in [7, 11) is 0. The number of aromatic nitrogens is 1. The first kappa shape index (κ1) is 37.2. The Morgan fingerprint density at radius 2 is 1.66 bits per heavy atom. The molecule has 2 unspecified atom stereocenters. The van der Waals surface area contributed by atoms with Crippen LogP contribution in [0.2, 0.25) is 0 Å². The second-order valence-electron chi connectivity index (χ2n) is 19.5. The van der Waals surface area contributed by atoms with Crippen molar-refractivity contribution in [2.75, 3.05) is 6.54 Å². The Bertz CT molecular complexity index is 1530. The summed E-state index contributed by atoms with van der Waals surface area (Å²) < 4.78 is 6.17. The van der Waals surface area contributed by atoms with Crippen LogP contribution in [0.15, 0.2) is 35.7 Å². The lowest BCUT2D eigenvalue weighted by molar-refractivity contribution is -0.233. The van der Waals surface area contributed by atoms with Gasteiger partial charge in [-0.05, 0) is 141 Å². The first-order valence-electron chi connectivity index (χ1n) is 19.6. The highest BCUT2D eigenvalue weighted by Crippen LogP contribution is 2.77. The molecule has 6 rings (SSSR count). The molecule has 276 valence electrons. The average Bonchev–Trinajstić information content (AvgIpc) is 3.33. The first-order valence-corrected chi connectivity index (χ1v) is 19.6. The molecule has 4 fully saturated rings. The molecular weight excluding hydrogens is 624 g/mol. The van der Waals surface area contributed by atoms with Crippen molar-refractivity contribution in [1.29, 1.82) is 0 Å². The van der Waals surface area contributed by atoms with Gasteiger partial charge in [0.15, 0.2) is 5.78 Å². The number of carboxylic acids is 1. The number of allylic oxidation sites excluding steroid dienone is 2. The number of carbonyl (C=O) groups excluding carboxylic acids is 2. The van der Waals surface area contributed by atoms with Crippen molar-refractivity contribution in [1.82, 2.24) is 10.3 Å². The van der Waals surface area contributed by atoms with Crippen LogP contribution in [0.5, 0.6) is 0 Å². The van der Waals surface area contributed by atoms with Gasteiger partial charge >= 0.3 is 11.9 Å².